The van der Waals surface area contributed by atoms with Gasteiger partial charge in [0, 0.05) is 20.1 Å². The first-order valence-corrected chi connectivity index (χ1v) is 6.06. The molecule has 1 saturated heterocycles. The standard InChI is InChI=1S/C12H21N3O2/c1-12(2,3)6-10-14-11(17-15-10)9-5-8(16-4)7-13-9/h8-9,13H,5-7H2,1-4H3/t8-,9+/m0/s1. The summed E-state index contributed by atoms with van der Waals surface area (Å²) in [6, 6.07) is 0.140. The second-order valence-corrected chi connectivity index (χ2v) is 5.84. The molecule has 0 amide bonds. The summed E-state index contributed by atoms with van der Waals surface area (Å²) in [5.41, 5.74) is 0.180. The number of nitrogens with zero attached hydrogens (tertiary/aromatic N) is 2. The van der Waals surface area contributed by atoms with Crippen LogP contribution < -0.4 is 5.32 Å². The molecule has 5 nitrogen and oxygen atoms in total. The number of ether oxygens (including phenoxy) is 1. The topological polar surface area (TPSA) is 60.2 Å². The zero-order valence-corrected chi connectivity index (χ0v) is 11.0. The number of rotatable bonds is 3. The van der Waals surface area contributed by atoms with E-state index in [4.69, 9.17) is 9.26 Å². The van der Waals surface area contributed by atoms with E-state index in [9.17, 15) is 0 Å². The van der Waals surface area contributed by atoms with Gasteiger partial charge in [-0.3, -0.25) is 0 Å². The highest BCUT2D eigenvalue weighted by molar-refractivity contribution is 4.98. The van der Waals surface area contributed by atoms with Crippen LogP contribution in [0.4, 0.5) is 0 Å². The maximum absolute atomic E-state index is 5.31. The summed E-state index contributed by atoms with van der Waals surface area (Å²) >= 11 is 0. The van der Waals surface area contributed by atoms with E-state index in [1.807, 2.05) is 0 Å². The van der Waals surface area contributed by atoms with E-state index in [-0.39, 0.29) is 17.6 Å². The molecule has 0 spiro atoms. The Bertz CT molecular complexity index is 370. The first-order chi connectivity index (χ1) is 7.98. The average Bonchev–Trinajstić information content (AvgIpc) is 2.82. The highest BCUT2D eigenvalue weighted by atomic mass is 16.5. The molecule has 0 bridgehead atoms. The predicted molar refractivity (Wildman–Crippen MR) is 63.6 cm³/mol. The third kappa shape index (κ3) is 3.26. The average molecular weight is 239 g/mol. The lowest BCUT2D eigenvalue weighted by molar-refractivity contribution is 0.116. The first kappa shape index (κ1) is 12.5. The van der Waals surface area contributed by atoms with Crippen molar-refractivity contribution in [3.05, 3.63) is 11.7 Å². The van der Waals surface area contributed by atoms with Gasteiger partial charge in [-0.05, 0) is 11.8 Å². The van der Waals surface area contributed by atoms with Crippen molar-refractivity contribution >= 4 is 0 Å². The highest BCUT2D eigenvalue weighted by Gasteiger charge is 2.29. The Morgan fingerprint density at radius 1 is 1.47 bits per heavy atom. The Morgan fingerprint density at radius 3 is 2.82 bits per heavy atom. The molecule has 0 aliphatic carbocycles. The van der Waals surface area contributed by atoms with Crippen molar-refractivity contribution in [1.82, 2.24) is 15.5 Å². The minimum atomic E-state index is 0.140. The maximum Gasteiger partial charge on any atom is 0.243 e. The van der Waals surface area contributed by atoms with E-state index in [0.29, 0.717) is 5.89 Å². The van der Waals surface area contributed by atoms with Gasteiger partial charge >= 0.3 is 0 Å². The minimum Gasteiger partial charge on any atom is -0.380 e. The van der Waals surface area contributed by atoms with Gasteiger partial charge in [-0.1, -0.05) is 25.9 Å². The number of aromatic nitrogens is 2. The van der Waals surface area contributed by atoms with Gasteiger partial charge in [-0.25, -0.2) is 0 Å². The van der Waals surface area contributed by atoms with Gasteiger partial charge in [0.1, 0.15) is 0 Å². The molecule has 1 N–H and O–H groups in total. The van der Waals surface area contributed by atoms with Crippen LogP contribution in [0.25, 0.3) is 0 Å². The molecule has 0 radical (unpaired) electrons. The summed E-state index contributed by atoms with van der Waals surface area (Å²) in [6.45, 7) is 7.34. The van der Waals surface area contributed by atoms with Crippen LogP contribution in [-0.2, 0) is 11.2 Å². The highest BCUT2D eigenvalue weighted by Crippen LogP contribution is 2.25. The van der Waals surface area contributed by atoms with E-state index >= 15 is 0 Å². The molecule has 1 fully saturated rings. The molecule has 0 saturated carbocycles. The molecule has 1 aliphatic rings. The molecular formula is C12H21N3O2. The van der Waals surface area contributed by atoms with Gasteiger partial charge in [0.05, 0.1) is 12.1 Å². The monoisotopic (exact) mass is 239 g/mol. The van der Waals surface area contributed by atoms with Crippen LogP contribution in [0.2, 0.25) is 0 Å². The summed E-state index contributed by atoms with van der Waals surface area (Å²) in [5, 5.41) is 7.36. The Hall–Kier alpha value is -0.940. The fourth-order valence-electron chi connectivity index (χ4n) is 2.03. The van der Waals surface area contributed by atoms with E-state index in [2.05, 4.69) is 36.2 Å². The quantitative estimate of drug-likeness (QED) is 0.870. The second-order valence-electron chi connectivity index (χ2n) is 5.84. The number of methoxy groups -OCH3 is 1. The van der Waals surface area contributed by atoms with Crippen LogP contribution in [0.3, 0.4) is 0 Å². The van der Waals surface area contributed by atoms with Crippen molar-refractivity contribution in [2.24, 2.45) is 5.41 Å². The molecule has 0 aromatic carbocycles. The fraction of sp³-hybridized carbons (Fsp3) is 0.833. The van der Waals surface area contributed by atoms with Gasteiger partial charge in [0.2, 0.25) is 5.89 Å². The van der Waals surface area contributed by atoms with Crippen molar-refractivity contribution in [2.45, 2.75) is 45.8 Å². The summed E-state index contributed by atoms with van der Waals surface area (Å²) in [6.07, 6.45) is 1.97. The second kappa shape index (κ2) is 4.74. The summed E-state index contributed by atoms with van der Waals surface area (Å²) < 4.78 is 10.6. The Kier molecular flexibility index (Phi) is 3.49. The molecule has 2 heterocycles. The largest absolute Gasteiger partial charge is 0.380 e. The predicted octanol–water partition coefficient (Wildman–Crippen LogP) is 1.71. The van der Waals surface area contributed by atoms with Crippen molar-refractivity contribution in [2.75, 3.05) is 13.7 Å². The summed E-state index contributed by atoms with van der Waals surface area (Å²) in [4.78, 5) is 4.45. The molecule has 2 atom stereocenters. The molecule has 0 unspecified atom stereocenters. The Morgan fingerprint density at radius 2 is 2.24 bits per heavy atom. The van der Waals surface area contributed by atoms with E-state index in [0.717, 1.165) is 25.2 Å². The van der Waals surface area contributed by atoms with Crippen LogP contribution in [0, 0.1) is 5.41 Å². The van der Waals surface area contributed by atoms with Gasteiger partial charge in [0.15, 0.2) is 5.82 Å². The van der Waals surface area contributed by atoms with Crippen LogP contribution in [0.15, 0.2) is 4.52 Å². The maximum atomic E-state index is 5.31. The van der Waals surface area contributed by atoms with Crippen LogP contribution in [0.1, 0.15) is 44.9 Å². The van der Waals surface area contributed by atoms with Crippen molar-refractivity contribution in [1.29, 1.82) is 0 Å². The SMILES string of the molecule is CO[C@@H]1CN[C@@H](c2nc(CC(C)(C)C)no2)C1. The zero-order chi connectivity index (χ0) is 12.5. The van der Waals surface area contributed by atoms with Crippen molar-refractivity contribution in [3.63, 3.8) is 0 Å². The molecule has 1 aliphatic heterocycles. The number of nitrogens with one attached hydrogen (secondary N) is 1. The van der Waals surface area contributed by atoms with E-state index in [1.165, 1.54) is 0 Å². The first-order valence-electron chi connectivity index (χ1n) is 6.06. The minimum absolute atomic E-state index is 0.140. The fourth-order valence-corrected chi connectivity index (χ4v) is 2.03. The van der Waals surface area contributed by atoms with Crippen LogP contribution in [0.5, 0.6) is 0 Å². The van der Waals surface area contributed by atoms with Gasteiger partial charge in [-0.15, -0.1) is 0 Å². The Labute approximate surface area is 102 Å². The van der Waals surface area contributed by atoms with Crippen LogP contribution >= 0.6 is 0 Å². The molecule has 96 valence electrons. The van der Waals surface area contributed by atoms with Crippen molar-refractivity contribution in [3.8, 4) is 0 Å². The lowest BCUT2D eigenvalue weighted by Crippen LogP contribution is -2.16. The smallest absolute Gasteiger partial charge is 0.243 e. The molecule has 1 aromatic rings. The molecule has 1 aromatic heterocycles. The Balaban J connectivity index is 1.99. The van der Waals surface area contributed by atoms with Crippen molar-refractivity contribution < 1.29 is 9.26 Å². The lowest BCUT2D eigenvalue weighted by Gasteiger charge is -2.14. The van der Waals surface area contributed by atoms with Gasteiger partial charge in [0.25, 0.3) is 0 Å². The molecule has 2 rings (SSSR count). The van der Waals surface area contributed by atoms with E-state index in [1.54, 1.807) is 7.11 Å². The molecule has 5 heteroatoms. The molecular weight excluding hydrogens is 218 g/mol. The number of hydrogen-bond acceptors (Lipinski definition) is 5. The third-order valence-electron chi connectivity index (χ3n) is 2.89. The third-order valence-corrected chi connectivity index (χ3v) is 2.89. The molecule has 17 heavy (non-hydrogen) atoms. The van der Waals surface area contributed by atoms with E-state index < -0.39 is 0 Å². The number of hydrogen-bond donors (Lipinski definition) is 1. The normalized spacial score (nSPS) is 25.4. The lowest BCUT2D eigenvalue weighted by atomic mass is 9.92. The zero-order valence-electron chi connectivity index (χ0n) is 11.0. The van der Waals surface area contributed by atoms with Gasteiger partial charge < -0.3 is 14.6 Å². The van der Waals surface area contributed by atoms with Gasteiger partial charge in [-0.2, -0.15) is 4.98 Å². The summed E-state index contributed by atoms with van der Waals surface area (Å²) in [5.74, 6) is 1.47. The summed E-state index contributed by atoms with van der Waals surface area (Å²) in [7, 11) is 1.73. The van der Waals surface area contributed by atoms with Crippen LogP contribution in [-0.4, -0.2) is 29.9 Å².